The second kappa shape index (κ2) is 7.92. The lowest BCUT2D eigenvalue weighted by molar-refractivity contribution is 0.114. The van der Waals surface area contributed by atoms with E-state index in [0.717, 1.165) is 6.54 Å². The molecule has 0 saturated carbocycles. The smallest absolute Gasteiger partial charge is 0.0716 e. The second-order valence-electron chi connectivity index (χ2n) is 6.52. The molecule has 1 saturated heterocycles. The average Bonchev–Trinajstić information content (AvgIpc) is 2.46. The number of nitrogens with one attached hydrogen (secondary N) is 1. The highest BCUT2D eigenvalue weighted by Gasteiger charge is 2.31. The SMILES string of the molecule is COCc1ccccc1C1C(CNC(C)C)CCCN1C. The molecule has 1 aromatic carbocycles. The van der Waals surface area contributed by atoms with Crippen LogP contribution >= 0.6 is 0 Å². The molecule has 0 spiro atoms. The van der Waals surface area contributed by atoms with Crippen LogP contribution in [0.2, 0.25) is 0 Å². The van der Waals surface area contributed by atoms with E-state index in [1.165, 1.54) is 30.5 Å². The molecule has 1 aromatic rings. The summed E-state index contributed by atoms with van der Waals surface area (Å²) in [7, 11) is 4.04. The molecule has 0 radical (unpaired) electrons. The fourth-order valence-electron chi connectivity index (χ4n) is 3.46. The lowest BCUT2D eigenvalue weighted by Gasteiger charge is -2.41. The zero-order valence-electron chi connectivity index (χ0n) is 13.9. The fourth-order valence-corrected chi connectivity index (χ4v) is 3.46. The van der Waals surface area contributed by atoms with E-state index in [4.69, 9.17) is 4.74 Å². The summed E-state index contributed by atoms with van der Waals surface area (Å²) in [5, 5.41) is 3.63. The summed E-state index contributed by atoms with van der Waals surface area (Å²) in [5.74, 6) is 0.671. The van der Waals surface area contributed by atoms with Gasteiger partial charge in [0.25, 0.3) is 0 Å². The first-order chi connectivity index (χ1) is 10.1. The number of ether oxygens (including phenoxy) is 1. The van der Waals surface area contributed by atoms with Crippen molar-refractivity contribution in [1.82, 2.24) is 10.2 Å². The zero-order valence-corrected chi connectivity index (χ0v) is 13.9. The Bertz CT molecular complexity index is 433. The molecular formula is C18H30N2O. The summed E-state index contributed by atoms with van der Waals surface area (Å²) < 4.78 is 5.39. The predicted octanol–water partition coefficient (Wildman–Crippen LogP) is 3.21. The van der Waals surface area contributed by atoms with Gasteiger partial charge in [0.05, 0.1) is 6.61 Å². The Balaban J connectivity index is 2.23. The Morgan fingerprint density at radius 3 is 2.81 bits per heavy atom. The molecule has 1 heterocycles. The third kappa shape index (κ3) is 4.29. The summed E-state index contributed by atoms with van der Waals surface area (Å²) >= 11 is 0. The Morgan fingerprint density at radius 2 is 2.10 bits per heavy atom. The average molecular weight is 290 g/mol. The molecule has 1 aliphatic rings. The van der Waals surface area contributed by atoms with Crippen molar-refractivity contribution in [1.29, 1.82) is 0 Å². The van der Waals surface area contributed by atoms with Crippen LogP contribution in [-0.4, -0.2) is 38.2 Å². The van der Waals surface area contributed by atoms with Crippen LogP contribution in [0, 0.1) is 5.92 Å². The van der Waals surface area contributed by atoms with Crippen LogP contribution in [0.3, 0.4) is 0 Å². The van der Waals surface area contributed by atoms with Crippen LogP contribution < -0.4 is 5.32 Å². The highest BCUT2D eigenvalue weighted by Crippen LogP contribution is 2.36. The summed E-state index contributed by atoms with van der Waals surface area (Å²) in [6.45, 7) is 7.42. The molecule has 3 nitrogen and oxygen atoms in total. The van der Waals surface area contributed by atoms with E-state index in [1.807, 2.05) is 0 Å². The van der Waals surface area contributed by atoms with Gasteiger partial charge in [-0.3, -0.25) is 4.90 Å². The number of rotatable bonds is 6. The van der Waals surface area contributed by atoms with E-state index >= 15 is 0 Å². The number of likely N-dealkylation sites (tertiary alicyclic amines) is 1. The zero-order chi connectivity index (χ0) is 15.2. The summed E-state index contributed by atoms with van der Waals surface area (Å²) in [5.41, 5.74) is 2.77. The molecule has 1 fully saturated rings. The molecule has 1 aliphatic heterocycles. The van der Waals surface area contributed by atoms with Crippen molar-refractivity contribution in [3.8, 4) is 0 Å². The molecular weight excluding hydrogens is 260 g/mol. The molecule has 3 heteroatoms. The fraction of sp³-hybridized carbons (Fsp3) is 0.667. The number of methoxy groups -OCH3 is 1. The van der Waals surface area contributed by atoms with Gasteiger partial charge in [-0.2, -0.15) is 0 Å². The van der Waals surface area contributed by atoms with Crippen molar-refractivity contribution in [3.05, 3.63) is 35.4 Å². The molecule has 0 bridgehead atoms. The number of benzene rings is 1. The Hall–Kier alpha value is -0.900. The lowest BCUT2D eigenvalue weighted by atomic mass is 9.83. The molecule has 1 N–H and O–H groups in total. The van der Waals surface area contributed by atoms with Crippen LogP contribution in [0.5, 0.6) is 0 Å². The first-order valence-corrected chi connectivity index (χ1v) is 8.13. The van der Waals surface area contributed by atoms with Crippen molar-refractivity contribution < 1.29 is 4.74 Å². The normalized spacial score (nSPS) is 23.7. The molecule has 118 valence electrons. The minimum absolute atomic E-state index is 0.497. The summed E-state index contributed by atoms with van der Waals surface area (Å²) in [4.78, 5) is 2.52. The second-order valence-corrected chi connectivity index (χ2v) is 6.52. The third-order valence-corrected chi connectivity index (χ3v) is 4.47. The van der Waals surface area contributed by atoms with Gasteiger partial charge in [0.2, 0.25) is 0 Å². The first-order valence-electron chi connectivity index (χ1n) is 8.13. The third-order valence-electron chi connectivity index (χ3n) is 4.47. The maximum atomic E-state index is 5.39. The van der Waals surface area contributed by atoms with Gasteiger partial charge >= 0.3 is 0 Å². The van der Waals surface area contributed by atoms with E-state index in [1.54, 1.807) is 7.11 Å². The molecule has 0 aromatic heterocycles. The van der Waals surface area contributed by atoms with Crippen molar-refractivity contribution in [3.63, 3.8) is 0 Å². The topological polar surface area (TPSA) is 24.5 Å². The summed E-state index contributed by atoms with van der Waals surface area (Å²) in [6, 6.07) is 9.80. The quantitative estimate of drug-likeness (QED) is 0.870. The van der Waals surface area contributed by atoms with Crippen LogP contribution in [0.25, 0.3) is 0 Å². The molecule has 0 amide bonds. The highest BCUT2D eigenvalue weighted by molar-refractivity contribution is 5.30. The number of nitrogens with zero attached hydrogens (tertiary/aromatic N) is 1. The van der Waals surface area contributed by atoms with Crippen LogP contribution in [0.4, 0.5) is 0 Å². The van der Waals surface area contributed by atoms with Crippen molar-refractivity contribution in [2.24, 2.45) is 5.92 Å². The number of hydrogen-bond acceptors (Lipinski definition) is 3. The van der Waals surface area contributed by atoms with E-state index in [0.29, 0.717) is 24.6 Å². The Kier molecular flexibility index (Phi) is 6.22. The molecule has 0 aliphatic carbocycles. The van der Waals surface area contributed by atoms with Crippen molar-refractivity contribution >= 4 is 0 Å². The summed E-state index contributed by atoms with van der Waals surface area (Å²) in [6.07, 6.45) is 2.60. The van der Waals surface area contributed by atoms with Gasteiger partial charge < -0.3 is 10.1 Å². The van der Waals surface area contributed by atoms with E-state index in [2.05, 4.69) is 55.4 Å². The van der Waals surface area contributed by atoms with Crippen molar-refractivity contribution in [2.45, 2.75) is 45.4 Å². The van der Waals surface area contributed by atoms with Crippen LogP contribution in [0.15, 0.2) is 24.3 Å². The maximum Gasteiger partial charge on any atom is 0.0716 e. The van der Waals surface area contributed by atoms with Gasteiger partial charge in [-0.15, -0.1) is 0 Å². The van der Waals surface area contributed by atoms with Crippen LogP contribution in [0.1, 0.15) is 43.9 Å². The molecule has 2 rings (SSSR count). The maximum absolute atomic E-state index is 5.39. The molecule has 2 unspecified atom stereocenters. The van der Waals surface area contributed by atoms with Crippen molar-refractivity contribution in [2.75, 3.05) is 27.2 Å². The standard InChI is InChI=1S/C18H30N2O/c1-14(2)19-12-15-9-7-11-20(3)18(15)17-10-6-5-8-16(17)13-21-4/h5-6,8,10,14-15,18-19H,7,9,11-13H2,1-4H3. The van der Waals surface area contributed by atoms with Gasteiger partial charge in [0.15, 0.2) is 0 Å². The van der Waals surface area contributed by atoms with Crippen LogP contribution in [-0.2, 0) is 11.3 Å². The van der Waals surface area contributed by atoms with E-state index in [-0.39, 0.29) is 0 Å². The molecule has 21 heavy (non-hydrogen) atoms. The number of piperidine rings is 1. The van der Waals surface area contributed by atoms with E-state index in [9.17, 15) is 0 Å². The Morgan fingerprint density at radius 1 is 1.33 bits per heavy atom. The minimum atomic E-state index is 0.497. The monoisotopic (exact) mass is 290 g/mol. The van der Waals surface area contributed by atoms with Gasteiger partial charge in [-0.05, 0) is 43.5 Å². The van der Waals surface area contributed by atoms with Gasteiger partial charge in [0, 0.05) is 25.7 Å². The van der Waals surface area contributed by atoms with E-state index < -0.39 is 0 Å². The highest BCUT2D eigenvalue weighted by atomic mass is 16.5. The largest absolute Gasteiger partial charge is 0.380 e. The van der Waals surface area contributed by atoms with Gasteiger partial charge in [-0.25, -0.2) is 0 Å². The minimum Gasteiger partial charge on any atom is -0.380 e. The predicted molar refractivity (Wildman–Crippen MR) is 88.4 cm³/mol. The van der Waals surface area contributed by atoms with Gasteiger partial charge in [0.1, 0.15) is 0 Å². The lowest BCUT2D eigenvalue weighted by Crippen LogP contribution is -2.42. The molecule has 2 atom stereocenters. The van der Waals surface area contributed by atoms with Gasteiger partial charge in [-0.1, -0.05) is 38.1 Å². The first kappa shape index (κ1) is 16.5. The Labute approximate surface area is 129 Å². The number of hydrogen-bond donors (Lipinski definition) is 1.